The molecule has 0 aliphatic rings. The maximum absolute atomic E-state index is 12.4. The molecule has 0 spiro atoms. The van der Waals surface area contributed by atoms with Gasteiger partial charge in [0.05, 0.1) is 30.0 Å². The van der Waals surface area contributed by atoms with Crippen LogP contribution in [0.3, 0.4) is 0 Å². The molecule has 0 saturated carbocycles. The first-order valence-corrected chi connectivity index (χ1v) is 9.09. The van der Waals surface area contributed by atoms with Crippen LogP contribution in [0, 0.1) is 0 Å². The Bertz CT molecular complexity index is 919. The number of hydrogen-bond acceptors (Lipinski definition) is 5. The Hall–Kier alpha value is -2.28. The first-order valence-electron chi connectivity index (χ1n) is 7.46. The molecule has 134 valence electrons. The summed E-state index contributed by atoms with van der Waals surface area (Å²) in [6, 6.07) is 10.5. The van der Waals surface area contributed by atoms with Crippen LogP contribution in [-0.2, 0) is 0 Å². The summed E-state index contributed by atoms with van der Waals surface area (Å²) in [5.74, 6) is 0.749. The Morgan fingerprint density at radius 1 is 1.08 bits per heavy atom. The zero-order valence-electron chi connectivity index (χ0n) is 13.9. The van der Waals surface area contributed by atoms with Gasteiger partial charge in [-0.2, -0.15) is 0 Å². The zero-order valence-corrected chi connectivity index (χ0v) is 16.2. The fourth-order valence-electron chi connectivity index (χ4n) is 2.28. The highest BCUT2D eigenvalue weighted by atomic mass is 35.5. The molecule has 1 amide bonds. The first kappa shape index (κ1) is 18.5. The van der Waals surface area contributed by atoms with Crippen molar-refractivity contribution in [2.45, 2.75) is 0 Å². The molecule has 2 aromatic carbocycles. The molecule has 0 atom stereocenters. The summed E-state index contributed by atoms with van der Waals surface area (Å²) in [5.41, 5.74) is 2.01. The average Bonchev–Trinajstić information content (AvgIpc) is 3.10. The summed E-state index contributed by atoms with van der Waals surface area (Å²) < 4.78 is 10.2. The third-order valence-electron chi connectivity index (χ3n) is 3.58. The molecule has 0 radical (unpaired) electrons. The Kier molecular flexibility index (Phi) is 5.66. The molecule has 3 aromatic rings. The summed E-state index contributed by atoms with van der Waals surface area (Å²) in [4.78, 5) is 16.9. The lowest BCUT2D eigenvalue weighted by molar-refractivity contribution is 0.102. The van der Waals surface area contributed by atoms with Gasteiger partial charge in [0.1, 0.15) is 5.75 Å². The summed E-state index contributed by atoms with van der Waals surface area (Å²) in [7, 11) is 3.08. The number of hydrogen-bond donors (Lipinski definition) is 1. The molecule has 1 heterocycles. The van der Waals surface area contributed by atoms with E-state index in [0.29, 0.717) is 16.4 Å². The maximum Gasteiger partial charge on any atom is 0.257 e. The maximum atomic E-state index is 12.4. The Morgan fingerprint density at radius 2 is 1.73 bits per heavy atom. The minimum atomic E-state index is -0.355. The van der Waals surface area contributed by atoms with E-state index in [1.54, 1.807) is 7.11 Å². The van der Waals surface area contributed by atoms with Gasteiger partial charge in [0.2, 0.25) is 0 Å². The van der Waals surface area contributed by atoms with E-state index in [4.69, 9.17) is 32.7 Å². The van der Waals surface area contributed by atoms with Crippen LogP contribution in [0.1, 0.15) is 10.4 Å². The summed E-state index contributed by atoms with van der Waals surface area (Å²) in [6.07, 6.45) is 0. The quantitative estimate of drug-likeness (QED) is 0.614. The van der Waals surface area contributed by atoms with E-state index in [-0.39, 0.29) is 16.0 Å². The number of methoxy groups -OCH3 is 2. The Morgan fingerprint density at radius 3 is 2.31 bits per heavy atom. The average molecular weight is 409 g/mol. The van der Waals surface area contributed by atoms with Gasteiger partial charge in [0.25, 0.3) is 5.91 Å². The molecule has 0 aliphatic carbocycles. The summed E-state index contributed by atoms with van der Waals surface area (Å²) in [6.45, 7) is 0. The number of nitrogens with zero attached hydrogens (tertiary/aromatic N) is 1. The lowest BCUT2D eigenvalue weighted by atomic mass is 10.2. The third kappa shape index (κ3) is 3.93. The van der Waals surface area contributed by atoms with Crippen molar-refractivity contribution in [3.8, 4) is 22.8 Å². The van der Waals surface area contributed by atoms with Gasteiger partial charge in [-0.25, -0.2) is 4.98 Å². The molecule has 1 aromatic heterocycles. The van der Waals surface area contributed by atoms with Crippen molar-refractivity contribution in [1.29, 1.82) is 0 Å². The second kappa shape index (κ2) is 7.95. The van der Waals surface area contributed by atoms with Gasteiger partial charge >= 0.3 is 0 Å². The smallest absolute Gasteiger partial charge is 0.257 e. The molecule has 3 rings (SSSR count). The van der Waals surface area contributed by atoms with Crippen molar-refractivity contribution in [2.24, 2.45) is 0 Å². The monoisotopic (exact) mass is 408 g/mol. The van der Waals surface area contributed by atoms with Crippen LogP contribution in [-0.4, -0.2) is 25.1 Å². The molecule has 0 bridgehead atoms. The fourth-order valence-corrected chi connectivity index (χ4v) is 3.64. The van der Waals surface area contributed by atoms with E-state index in [1.165, 1.54) is 30.6 Å². The van der Waals surface area contributed by atoms with Gasteiger partial charge < -0.3 is 9.47 Å². The number of benzene rings is 2. The molecule has 0 saturated heterocycles. The number of ether oxygens (including phenoxy) is 2. The number of thiazole rings is 1. The van der Waals surface area contributed by atoms with Gasteiger partial charge in [-0.1, -0.05) is 23.2 Å². The van der Waals surface area contributed by atoms with Crippen molar-refractivity contribution in [3.05, 3.63) is 57.4 Å². The summed E-state index contributed by atoms with van der Waals surface area (Å²) in [5, 5.41) is 5.62. The van der Waals surface area contributed by atoms with Crippen LogP contribution < -0.4 is 14.8 Å². The van der Waals surface area contributed by atoms with Crippen LogP contribution in [0.25, 0.3) is 11.3 Å². The predicted octanol–water partition coefficient (Wildman–Crippen LogP) is 5.39. The molecular weight excluding hydrogens is 395 g/mol. The lowest BCUT2D eigenvalue weighted by Gasteiger charge is -2.08. The number of nitrogens with one attached hydrogen (secondary N) is 1. The zero-order chi connectivity index (χ0) is 18.7. The van der Waals surface area contributed by atoms with Gasteiger partial charge in [-0.15, -0.1) is 11.3 Å². The number of amides is 1. The van der Waals surface area contributed by atoms with E-state index in [1.807, 2.05) is 29.6 Å². The van der Waals surface area contributed by atoms with Crippen LogP contribution in [0.2, 0.25) is 10.0 Å². The van der Waals surface area contributed by atoms with E-state index < -0.39 is 0 Å². The standard InChI is InChI=1S/C18H14Cl2N2O3S/c1-24-12-5-3-10(4-6-12)15-9-26-18(21-15)22-17(23)11-7-13(19)16(25-2)14(20)8-11/h3-9H,1-2H3,(H,21,22,23). The highest BCUT2D eigenvalue weighted by molar-refractivity contribution is 7.14. The molecule has 0 unspecified atom stereocenters. The Labute approximate surface area is 164 Å². The van der Waals surface area contributed by atoms with Crippen molar-refractivity contribution >= 4 is 45.6 Å². The van der Waals surface area contributed by atoms with E-state index in [0.717, 1.165) is 17.0 Å². The van der Waals surface area contributed by atoms with Gasteiger partial charge in [0.15, 0.2) is 10.9 Å². The largest absolute Gasteiger partial charge is 0.497 e. The Balaban J connectivity index is 1.77. The number of carbonyl (C=O) groups is 1. The predicted molar refractivity (Wildman–Crippen MR) is 105 cm³/mol. The van der Waals surface area contributed by atoms with Crippen LogP contribution in [0.15, 0.2) is 41.8 Å². The van der Waals surface area contributed by atoms with Crippen molar-refractivity contribution in [3.63, 3.8) is 0 Å². The minimum Gasteiger partial charge on any atom is -0.497 e. The van der Waals surface area contributed by atoms with Gasteiger partial charge in [-0.3, -0.25) is 10.1 Å². The van der Waals surface area contributed by atoms with Crippen LogP contribution in [0.4, 0.5) is 5.13 Å². The number of carbonyl (C=O) groups excluding carboxylic acids is 1. The molecule has 5 nitrogen and oxygen atoms in total. The topological polar surface area (TPSA) is 60.5 Å². The molecule has 0 fully saturated rings. The van der Waals surface area contributed by atoms with Crippen molar-refractivity contribution in [2.75, 3.05) is 19.5 Å². The second-order valence-corrected chi connectivity index (χ2v) is 6.87. The molecule has 1 N–H and O–H groups in total. The third-order valence-corrected chi connectivity index (χ3v) is 4.89. The van der Waals surface area contributed by atoms with Gasteiger partial charge in [-0.05, 0) is 36.4 Å². The highest BCUT2D eigenvalue weighted by Crippen LogP contribution is 2.34. The highest BCUT2D eigenvalue weighted by Gasteiger charge is 2.15. The number of aromatic nitrogens is 1. The minimum absolute atomic E-state index is 0.267. The molecule has 26 heavy (non-hydrogen) atoms. The SMILES string of the molecule is COc1ccc(-c2csc(NC(=O)c3cc(Cl)c(OC)c(Cl)c3)n2)cc1. The normalized spacial score (nSPS) is 10.5. The molecule has 8 heteroatoms. The number of halogens is 2. The first-order chi connectivity index (χ1) is 12.5. The van der Waals surface area contributed by atoms with Crippen LogP contribution in [0.5, 0.6) is 11.5 Å². The second-order valence-electron chi connectivity index (χ2n) is 5.19. The lowest BCUT2D eigenvalue weighted by Crippen LogP contribution is -2.12. The number of rotatable bonds is 5. The van der Waals surface area contributed by atoms with E-state index >= 15 is 0 Å². The number of anilines is 1. The van der Waals surface area contributed by atoms with Crippen LogP contribution >= 0.6 is 34.5 Å². The van der Waals surface area contributed by atoms with E-state index in [9.17, 15) is 4.79 Å². The summed E-state index contributed by atoms with van der Waals surface area (Å²) >= 11 is 13.5. The van der Waals surface area contributed by atoms with Crippen molar-refractivity contribution < 1.29 is 14.3 Å². The van der Waals surface area contributed by atoms with Gasteiger partial charge in [0, 0.05) is 16.5 Å². The molecule has 0 aliphatic heterocycles. The fraction of sp³-hybridized carbons (Fsp3) is 0.111. The van der Waals surface area contributed by atoms with E-state index in [2.05, 4.69) is 10.3 Å². The van der Waals surface area contributed by atoms with Crippen molar-refractivity contribution in [1.82, 2.24) is 4.98 Å². The molecular formula is C18H14Cl2N2O3S.